The smallest absolute Gasteiger partial charge is 0.249 e. The number of aromatic nitrogens is 2. The number of benzene rings is 1. The van der Waals surface area contributed by atoms with Gasteiger partial charge in [-0.2, -0.15) is 0 Å². The van der Waals surface area contributed by atoms with Crippen molar-refractivity contribution in [3.8, 4) is 0 Å². The van der Waals surface area contributed by atoms with Crippen molar-refractivity contribution in [1.82, 2.24) is 9.97 Å². The SMILES string of the molecule is CCCCc1nc(N)nc2ccc(C)c(C(N)=O)c12. The molecule has 0 fully saturated rings. The predicted molar refractivity (Wildman–Crippen MR) is 75.8 cm³/mol. The number of unbranched alkanes of at least 4 members (excludes halogenated alkanes) is 1. The first kappa shape index (κ1) is 13.3. The lowest BCUT2D eigenvalue weighted by Crippen LogP contribution is -2.15. The molecule has 0 aliphatic rings. The van der Waals surface area contributed by atoms with Crippen molar-refractivity contribution in [2.75, 3.05) is 5.73 Å². The molecule has 1 heterocycles. The average molecular weight is 258 g/mol. The van der Waals surface area contributed by atoms with E-state index >= 15 is 0 Å². The quantitative estimate of drug-likeness (QED) is 0.876. The maximum atomic E-state index is 11.7. The Morgan fingerprint density at radius 2 is 2.05 bits per heavy atom. The van der Waals surface area contributed by atoms with Gasteiger partial charge >= 0.3 is 0 Å². The number of carbonyl (C=O) groups excluding carboxylic acids is 1. The summed E-state index contributed by atoms with van der Waals surface area (Å²) in [5, 5.41) is 0.746. The van der Waals surface area contributed by atoms with E-state index in [2.05, 4.69) is 16.9 Å². The molecule has 0 aliphatic heterocycles. The Labute approximate surface area is 112 Å². The third kappa shape index (κ3) is 2.50. The van der Waals surface area contributed by atoms with Crippen LogP contribution in [0.15, 0.2) is 12.1 Å². The number of primary amides is 1. The van der Waals surface area contributed by atoms with Crippen molar-refractivity contribution >= 4 is 22.8 Å². The number of nitrogen functional groups attached to an aromatic ring is 1. The third-order valence-corrected chi connectivity index (χ3v) is 3.18. The van der Waals surface area contributed by atoms with Crippen LogP contribution in [0.25, 0.3) is 10.9 Å². The highest BCUT2D eigenvalue weighted by molar-refractivity contribution is 6.07. The highest BCUT2D eigenvalue weighted by Crippen LogP contribution is 2.25. The van der Waals surface area contributed by atoms with Crippen molar-refractivity contribution in [2.45, 2.75) is 33.1 Å². The Hall–Kier alpha value is -2.17. The Morgan fingerprint density at radius 1 is 1.32 bits per heavy atom. The van der Waals surface area contributed by atoms with E-state index in [1.165, 1.54) is 0 Å². The number of carbonyl (C=O) groups is 1. The van der Waals surface area contributed by atoms with Crippen molar-refractivity contribution in [1.29, 1.82) is 0 Å². The second-order valence-electron chi connectivity index (χ2n) is 4.65. The molecule has 1 amide bonds. The Kier molecular flexibility index (Phi) is 3.64. The summed E-state index contributed by atoms with van der Waals surface area (Å²) in [6, 6.07) is 3.68. The van der Waals surface area contributed by atoms with Crippen LogP contribution in [0.4, 0.5) is 5.95 Å². The van der Waals surface area contributed by atoms with Crippen LogP contribution in [0, 0.1) is 6.92 Å². The fourth-order valence-electron chi connectivity index (χ4n) is 2.27. The molecule has 0 unspecified atom stereocenters. The van der Waals surface area contributed by atoms with Gasteiger partial charge in [0.05, 0.1) is 16.8 Å². The van der Waals surface area contributed by atoms with Gasteiger partial charge < -0.3 is 11.5 Å². The van der Waals surface area contributed by atoms with Crippen LogP contribution < -0.4 is 11.5 Å². The molecule has 0 radical (unpaired) electrons. The van der Waals surface area contributed by atoms with Gasteiger partial charge in [-0.25, -0.2) is 9.97 Å². The Bertz CT molecular complexity index is 637. The molecule has 0 bridgehead atoms. The van der Waals surface area contributed by atoms with Crippen LogP contribution >= 0.6 is 0 Å². The first-order chi connectivity index (χ1) is 9.04. The lowest BCUT2D eigenvalue weighted by Gasteiger charge is -2.11. The average Bonchev–Trinajstić information content (AvgIpc) is 2.35. The van der Waals surface area contributed by atoms with Crippen LogP contribution in [0.2, 0.25) is 0 Å². The number of nitrogens with zero attached hydrogens (tertiary/aromatic N) is 2. The first-order valence-corrected chi connectivity index (χ1v) is 6.40. The summed E-state index contributed by atoms with van der Waals surface area (Å²) >= 11 is 0. The van der Waals surface area contributed by atoms with Gasteiger partial charge in [0.15, 0.2) is 0 Å². The summed E-state index contributed by atoms with van der Waals surface area (Å²) in [7, 11) is 0. The van der Waals surface area contributed by atoms with Crippen LogP contribution in [0.3, 0.4) is 0 Å². The summed E-state index contributed by atoms with van der Waals surface area (Å²) in [5.41, 5.74) is 14.0. The van der Waals surface area contributed by atoms with Gasteiger partial charge in [0.2, 0.25) is 11.9 Å². The third-order valence-electron chi connectivity index (χ3n) is 3.18. The molecular weight excluding hydrogens is 240 g/mol. The highest BCUT2D eigenvalue weighted by atomic mass is 16.1. The number of nitrogens with two attached hydrogens (primary N) is 2. The zero-order chi connectivity index (χ0) is 14.0. The molecule has 5 heteroatoms. The summed E-state index contributed by atoms with van der Waals surface area (Å²) in [5.74, 6) is -0.216. The zero-order valence-electron chi connectivity index (χ0n) is 11.2. The molecule has 2 rings (SSSR count). The summed E-state index contributed by atoms with van der Waals surface area (Å²) in [6.07, 6.45) is 2.80. The van der Waals surface area contributed by atoms with Gasteiger partial charge in [0.25, 0.3) is 0 Å². The molecule has 0 saturated carbocycles. The molecule has 0 spiro atoms. The first-order valence-electron chi connectivity index (χ1n) is 6.40. The predicted octanol–water partition coefficient (Wildman–Crippen LogP) is 1.96. The Morgan fingerprint density at radius 3 is 2.68 bits per heavy atom. The number of hydrogen-bond donors (Lipinski definition) is 2. The van der Waals surface area contributed by atoms with Crippen molar-refractivity contribution < 1.29 is 4.79 Å². The molecule has 19 heavy (non-hydrogen) atoms. The van der Waals surface area contributed by atoms with E-state index in [1.807, 2.05) is 19.1 Å². The molecular formula is C14H18N4O. The fourth-order valence-corrected chi connectivity index (χ4v) is 2.27. The second kappa shape index (κ2) is 5.22. The molecule has 2 aromatic rings. The van der Waals surface area contributed by atoms with Crippen LogP contribution in [-0.4, -0.2) is 15.9 Å². The highest BCUT2D eigenvalue weighted by Gasteiger charge is 2.16. The molecule has 0 atom stereocenters. The molecule has 0 aliphatic carbocycles. The summed E-state index contributed by atoms with van der Waals surface area (Å²) < 4.78 is 0. The molecule has 100 valence electrons. The number of anilines is 1. The van der Waals surface area contributed by atoms with Crippen molar-refractivity contribution in [3.63, 3.8) is 0 Å². The van der Waals surface area contributed by atoms with Crippen molar-refractivity contribution in [3.05, 3.63) is 29.0 Å². The second-order valence-corrected chi connectivity index (χ2v) is 4.65. The minimum atomic E-state index is -0.450. The van der Waals surface area contributed by atoms with Crippen LogP contribution in [0.1, 0.15) is 41.4 Å². The molecule has 4 N–H and O–H groups in total. The number of hydrogen-bond acceptors (Lipinski definition) is 4. The van der Waals surface area contributed by atoms with Gasteiger partial charge in [-0.05, 0) is 31.4 Å². The number of aryl methyl sites for hydroxylation is 2. The lowest BCUT2D eigenvalue weighted by molar-refractivity contribution is 0.100. The maximum Gasteiger partial charge on any atom is 0.249 e. The van der Waals surface area contributed by atoms with E-state index in [0.29, 0.717) is 11.1 Å². The monoisotopic (exact) mass is 258 g/mol. The Balaban J connectivity index is 2.77. The van der Waals surface area contributed by atoms with E-state index in [4.69, 9.17) is 11.5 Å². The van der Waals surface area contributed by atoms with Crippen molar-refractivity contribution in [2.24, 2.45) is 5.73 Å². The van der Waals surface area contributed by atoms with E-state index in [0.717, 1.165) is 35.9 Å². The molecule has 1 aromatic heterocycles. The van der Waals surface area contributed by atoms with Gasteiger partial charge in [-0.15, -0.1) is 0 Å². The minimum absolute atomic E-state index is 0.234. The van der Waals surface area contributed by atoms with Gasteiger partial charge in [-0.1, -0.05) is 19.4 Å². The van der Waals surface area contributed by atoms with Crippen LogP contribution in [0.5, 0.6) is 0 Å². The van der Waals surface area contributed by atoms with Gasteiger partial charge in [0.1, 0.15) is 0 Å². The maximum absolute atomic E-state index is 11.7. The molecule has 0 saturated heterocycles. The number of fused-ring (bicyclic) bond motifs is 1. The molecule has 1 aromatic carbocycles. The lowest BCUT2D eigenvalue weighted by atomic mass is 9.99. The fraction of sp³-hybridized carbons (Fsp3) is 0.357. The zero-order valence-corrected chi connectivity index (χ0v) is 11.2. The van der Waals surface area contributed by atoms with E-state index < -0.39 is 5.91 Å². The standard InChI is InChI=1S/C14H18N4O/c1-3-4-5-9-12-10(18-14(16)17-9)7-6-8(2)11(12)13(15)19/h6-7H,3-5H2,1-2H3,(H2,15,19)(H2,16,17,18). The number of amides is 1. The van der Waals surface area contributed by atoms with Crippen LogP contribution in [-0.2, 0) is 6.42 Å². The van der Waals surface area contributed by atoms with Gasteiger partial charge in [0, 0.05) is 5.39 Å². The summed E-state index contributed by atoms with van der Waals surface area (Å²) in [6.45, 7) is 3.96. The minimum Gasteiger partial charge on any atom is -0.368 e. The van der Waals surface area contributed by atoms with E-state index in [-0.39, 0.29) is 5.95 Å². The summed E-state index contributed by atoms with van der Waals surface area (Å²) in [4.78, 5) is 20.2. The van der Waals surface area contributed by atoms with Gasteiger partial charge in [-0.3, -0.25) is 4.79 Å². The normalized spacial score (nSPS) is 10.8. The largest absolute Gasteiger partial charge is 0.368 e. The molecule has 5 nitrogen and oxygen atoms in total. The number of rotatable bonds is 4. The topological polar surface area (TPSA) is 94.9 Å². The van der Waals surface area contributed by atoms with E-state index in [1.54, 1.807) is 0 Å². The van der Waals surface area contributed by atoms with E-state index in [9.17, 15) is 4.79 Å².